The highest BCUT2D eigenvalue weighted by atomic mass is 32.1. The summed E-state index contributed by atoms with van der Waals surface area (Å²) < 4.78 is 1.12. The molecule has 3 nitrogen and oxygen atoms in total. The molecule has 1 fully saturated rings. The smallest absolute Gasteiger partial charge is 0.236 e. The summed E-state index contributed by atoms with van der Waals surface area (Å²) in [6, 6.07) is 16.5. The fourth-order valence-corrected chi connectivity index (χ4v) is 4.64. The number of nitrogens with zero attached hydrogens (tertiary/aromatic N) is 2. The van der Waals surface area contributed by atoms with Crippen LogP contribution in [0.4, 0.5) is 10.8 Å². The van der Waals surface area contributed by atoms with E-state index in [4.69, 9.17) is 4.98 Å². The predicted octanol–water partition coefficient (Wildman–Crippen LogP) is 6.27. The van der Waals surface area contributed by atoms with Crippen LogP contribution in [0.25, 0.3) is 10.2 Å². The molecule has 4 rings (SSSR count). The van der Waals surface area contributed by atoms with Gasteiger partial charge in [-0.05, 0) is 48.6 Å². The van der Waals surface area contributed by atoms with Gasteiger partial charge in [0, 0.05) is 5.92 Å². The Bertz CT molecular complexity index is 874. The first kappa shape index (κ1) is 17.2. The fraction of sp³-hybridized carbons (Fsp3) is 0.364. The maximum atomic E-state index is 13.3. The van der Waals surface area contributed by atoms with Crippen molar-refractivity contribution in [1.82, 2.24) is 4.98 Å². The maximum absolute atomic E-state index is 13.3. The molecule has 1 amide bonds. The summed E-state index contributed by atoms with van der Waals surface area (Å²) in [4.78, 5) is 19.9. The molecule has 1 aromatic heterocycles. The molecule has 0 saturated heterocycles. The second-order valence-corrected chi connectivity index (χ2v) is 8.37. The maximum Gasteiger partial charge on any atom is 0.236 e. The number of carbonyl (C=O) groups is 1. The summed E-state index contributed by atoms with van der Waals surface area (Å²) in [7, 11) is 0. The van der Waals surface area contributed by atoms with Gasteiger partial charge in [-0.3, -0.25) is 9.69 Å². The summed E-state index contributed by atoms with van der Waals surface area (Å²) in [6.07, 6.45) is 4.28. The van der Waals surface area contributed by atoms with Crippen LogP contribution in [0.2, 0.25) is 0 Å². The SMILES string of the molecule is CC(C)c1ccc(N(C(=O)C2CCCC2)c2nc3ccccc3s2)cc1. The zero-order valence-corrected chi connectivity index (χ0v) is 16.1. The molecular formula is C22H24N2OS. The normalized spacial score (nSPS) is 15.0. The second kappa shape index (κ2) is 7.20. The van der Waals surface area contributed by atoms with Gasteiger partial charge in [0.2, 0.25) is 5.91 Å². The van der Waals surface area contributed by atoms with Gasteiger partial charge in [-0.2, -0.15) is 0 Å². The van der Waals surface area contributed by atoms with Crippen molar-refractivity contribution in [1.29, 1.82) is 0 Å². The first-order valence-corrected chi connectivity index (χ1v) is 10.2. The quantitative estimate of drug-likeness (QED) is 0.546. The molecule has 1 aliphatic rings. The van der Waals surface area contributed by atoms with Gasteiger partial charge in [0.05, 0.1) is 15.9 Å². The van der Waals surface area contributed by atoms with Crippen LogP contribution >= 0.6 is 11.3 Å². The summed E-state index contributed by atoms with van der Waals surface area (Å²) in [5, 5.41) is 0.778. The Morgan fingerprint density at radius 3 is 2.42 bits per heavy atom. The van der Waals surface area contributed by atoms with E-state index >= 15 is 0 Å². The molecule has 2 aromatic carbocycles. The van der Waals surface area contributed by atoms with Crippen LogP contribution < -0.4 is 4.90 Å². The van der Waals surface area contributed by atoms with Crippen molar-refractivity contribution in [2.45, 2.75) is 45.4 Å². The molecular weight excluding hydrogens is 340 g/mol. The first-order valence-electron chi connectivity index (χ1n) is 9.43. The number of thiazole rings is 1. The Hall–Kier alpha value is -2.20. The van der Waals surface area contributed by atoms with Crippen LogP contribution in [0.15, 0.2) is 48.5 Å². The van der Waals surface area contributed by atoms with Crippen molar-refractivity contribution in [2.75, 3.05) is 4.90 Å². The zero-order chi connectivity index (χ0) is 18.1. The Morgan fingerprint density at radius 1 is 1.08 bits per heavy atom. The third kappa shape index (κ3) is 3.26. The minimum Gasteiger partial charge on any atom is -0.274 e. The Morgan fingerprint density at radius 2 is 1.77 bits per heavy atom. The van der Waals surface area contributed by atoms with Gasteiger partial charge in [0.25, 0.3) is 0 Å². The number of anilines is 2. The van der Waals surface area contributed by atoms with E-state index in [0.29, 0.717) is 5.92 Å². The molecule has 4 heteroatoms. The van der Waals surface area contributed by atoms with Gasteiger partial charge in [-0.1, -0.05) is 62.3 Å². The lowest BCUT2D eigenvalue weighted by molar-refractivity contribution is -0.121. The topological polar surface area (TPSA) is 33.2 Å². The minimum atomic E-state index is 0.117. The van der Waals surface area contributed by atoms with E-state index < -0.39 is 0 Å². The van der Waals surface area contributed by atoms with Gasteiger partial charge in [-0.15, -0.1) is 0 Å². The standard InChI is InChI=1S/C22H24N2OS/c1-15(2)16-11-13-18(14-12-16)24(21(25)17-7-3-4-8-17)22-23-19-9-5-6-10-20(19)26-22/h5-6,9-15,17H,3-4,7-8H2,1-2H3. The van der Waals surface area contributed by atoms with Gasteiger partial charge < -0.3 is 0 Å². The molecule has 0 atom stereocenters. The van der Waals surface area contributed by atoms with Gasteiger partial charge in [0.15, 0.2) is 5.13 Å². The second-order valence-electron chi connectivity index (χ2n) is 7.37. The number of fused-ring (bicyclic) bond motifs is 1. The third-order valence-electron chi connectivity index (χ3n) is 5.22. The number of benzene rings is 2. The van der Waals surface area contributed by atoms with Crippen LogP contribution in [-0.4, -0.2) is 10.9 Å². The number of aromatic nitrogens is 1. The molecule has 3 aromatic rings. The third-order valence-corrected chi connectivity index (χ3v) is 6.24. The molecule has 0 spiro atoms. The van der Waals surface area contributed by atoms with Crippen LogP contribution in [0.1, 0.15) is 51.0 Å². The lowest BCUT2D eigenvalue weighted by Crippen LogP contribution is -2.31. The molecule has 0 unspecified atom stereocenters. The van der Waals surface area contributed by atoms with Crippen molar-refractivity contribution in [2.24, 2.45) is 5.92 Å². The molecule has 0 bridgehead atoms. The van der Waals surface area contributed by atoms with Gasteiger partial charge in [-0.25, -0.2) is 4.98 Å². The highest BCUT2D eigenvalue weighted by molar-refractivity contribution is 7.22. The summed E-state index contributed by atoms with van der Waals surface area (Å²) >= 11 is 1.59. The number of rotatable bonds is 4. The summed E-state index contributed by atoms with van der Waals surface area (Å²) in [5.74, 6) is 0.788. The van der Waals surface area contributed by atoms with Crippen molar-refractivity contribution in [3.05, 3.63) is 54.1 Å². The van der Waals surface area contributed by atoms with Crippen molar-refractivity contribution in [3.63, 3.8) is 0 Å². The van der Waals surface area contributed by atoms with E-state index in [1.54, 1.807) is 11.3 Å². The molecule has 0 N–H and O–H groups in total. The number of para-hydroxylation sites is 1. The molecule has 1 aliphatic carbocycles. The van der Waals surface area contributed by atoms with Gasteiger partial charge in [0.1, 0.15) is 0 Å². The molecule has 0 aliphatic heterocycles. The molecule has 0 radical (unpaired) electrons. The van der Waals surface area contributed by atoms with E-state index in [-0.39, 0.29) is 11.8 Å². The Balaban J connectivity index is 1.76. The predicted molar refractivity (Wildman–Crippen MR) is 109 cm³/mol. The molecule has 134 valence electrons. The molecule has 1 heterocycles. The number of amides is 1. The van der Waals surface area contributed by atoms with E-state index in [9.17, 15) is 4.79 Å². The van der Waals surface area contributed by atoms with E-state index in [0.717, 1.165) is 46.7 Å². The average molecular weight is 365 g/mol. The number of hydrogen-bond donors (Lipinski definition) is 0. The zero-order valence-electron chi connectivity index (χ0n) is 15.3. The minimum absolute atomic E-state index is 0.117. The highest BCUT2D eigenvalue weighted by Crippen LogP contribution is 2.37. The van der Waals surface area contributed by atoms with Crippen molar-refractivity contribution >= 4 is 38.3 Å². The van der Waals surface area contributed by atoms with Crippen LogP contribution in [-0.2, 0) is 4.79 Å². The van der Waals surface area contributed by atoms with E-state index in [1.807, 2.05) is 23.1 Å². The lowest BCUT2D eigenvalue weighted by Gasteiger charge is -2.23. The molecule has 26 heavy (non-hydrogen) atoms. The number of hydrogen-bond acceptors (Lipinski definition) is 3. The average Bonchev–Trinajstić information content (AvgIpc) is 3.32. The Labute approximate surface area is 158 Å². The summed E-state index contributed by atoms with van der Waals surface area (Å²) in [6.45, 7) is 4.37. The van der Waals surface area contributed by atoms with Crippen molar-refractivity contribution < 1.29 is 4.79 Å². The lowest BCUT2D eigenvalue weighted by atomic mass is 10.0. The largest absolute Gasteiger partial charge is 0.274 e. The van der Waals surface area contributed by atoms with E-state index in [1.165, 1.54) is 5.56 Å². The molecule has 1 saturated carbocycles. The fourth-order valence-electron chi connectivity index (χ4n) is 3.65. The van der Waals surface area contributed by atoms with Crippen LogP contribution in [0.5, 0.6) is 0 Å². The van der Waals surface area contributed by atoms with Crippen LogP contribution in [0.3, 0.4) is 0 Å². The van der Waals surface area contributed by atoms with E-state index in [2.05, 4.69) is 44.2 Å². The highest BCUT2D eigenvalue weighted by Gasteiger charge is 2.30. The Kier molecular flexibility index (Phi) is 4.77. The van der Waals surface area contributed by atoms with Crippen LogP contribution in [0, 0.1) is 5.92 Å². The number of carbonyl (C=O) groups excluding carboxylic acids is 1. The first-order chi connectivity index (χ1) is 12.6. The van der Waals surface area contributed by atoms with Gasteiger partial charge >= 0.3 is 0 Å². The van der Waals surface area contributed by atoms with Crippen molar-refractivity contribution in [3.8, 4) is 0 Å². The monoisotopic (exact) mass is 364 g/mol. The summed E-state index contributed by atoms with van der Waals surface area (Å²) in [5.41, 5.74) is 3.16.